The number of amides is 2. The fourth-order valence-electron chi connectivity index (χ4n) is 3.53. The fourth-order valence-corrected chi connectivity index (χ4v) is 3.53. The Morgan fingerprint density at radius 1 is 1.06 bits per heavy atom. The molecule has 0 aliphatic carbocycles. The average Bonchev–Trinajstić information content (AvgIpc) is 3.07. The molecule has 1 atom stereocenters. The number of ether oxygens (including phenoxy) is 1. The highest BCUT2D eigenvalue weighted by atomic mass is 19.1. The topological polar surface area (TPSA) is 83.2 Å². The lowest BCUT2D eigenvalue weighted by atomic mass is 10.0. The van der Waals surface area contributed by atoms with Crippen LogP contribution >= 0.6 is 0 Å². The van der Waals surface area contributed by atoms with Crippen molar-refractivity contribution in [2.75, 3.05) is 6.54 Å². The molecule has 0 radical (unpaired) electrons. The van der Waals surface area contributed by atoms with E-state index < -0.39 is 11.7 Å². The van der Waals surface area contributed by atoms with Crippen LogP contribution < -0.4 is 10.6 Å². The van der Waals surface area contributed by atoms with Crippen molar-refractivity contribution in [3.8, 4) is 11.3 Å². The maximum absolute atomic E-state index is 13.9. The molecule has 0 saturated heterocycles. The van der Waals surface area contributed by atoms with Crippen LogP contribution in [0.4, 0.5) is 13.6 Å². The predicted molar refractivity (Wildman–Crippen MR) is 124 cm³/mol. The maximum Gasteiger partial charge on any atom is 0.407 e. The van der Waals surface area contributed by atoms with Gasteiger partial charge in [0.15, 0.2) is 0 Å². The summed E-state index contributed by atoms with van der Waals surface area (Å²) in [7, 11) is 0. The lowest BCUT2D eigenvalue weighted by Crippen LogP contribution is -2.43. The van der Waals surface area contributed by atoms with Gasteiger partial charge in [-0.15, -0.1) is 0 Å². The first kappa shape index (κ1) is 24.2. The number of benzene rings is 2. The molecule has 1 unspecified atom stereocenters. The van der Waals surface area contributed by atoms with Crippen LogP contribution in [0.25, 0.3) is 22.2 Å². The number of fused-ring (bicyclic) bond motifs is 1. The van der Waals surface area contributed by atoms with Gasteiger partial charge in [0.25, 0.3) is 0 Å². The smallest absolute Gasteiger partial charge is 0.407 e. The standard InChI is InChI=1S/C25H29F2N3O3/c1-15(14-28-24(32)33-25(2,3)4)29-22(31)12-10-19-20-13-18(27)9-11-21(20)30-23(19)16-5-7-17(26)8-6-16/h5-9,11,13,15,30H,10,12,14H2,1-4H3,(H,28,32)(H,29,31). The van der Waals surface area contributed by atoms with Crippen molar-refractivity contribution in [1.29, 1.82) is 0 Å². The number of hydrogen-bond donors (Lipinski definition) is 3. The van der Waals surface area contributed by atoms with Gasteiger partial charge >= 0.3 is 6.09 Å². The monoisotopic (exact) mass is 457 g/mol. The third-order valence-electron chi connectivity index (χ3n) is 4.96. The summed E-state index contributed by atoms with van der Waals surface area (Å²) in [5.41, 5.74) is 2.39. The lowest BCUT2D eigenvalue weighted by Gasteiger charge is -2.21. The van der Waals surface area contributed by atoms with Crippen LogP contribution in [0.2, 0.25) is 0 Å². The molecule has 33 heavy (non-hydrogen) atoms. The van der Waals surface area contributed by atoms with Gasteiger partial charge in [0.1, 0.15) is 17.2 Å². The van der Waals surface area contributed by atoms with Gasteiger partial charge in [-0.2, -0.15) is 0 Å². The van der Waals surface area contributed by atoms with Crippen LogP contribution in [-0.2, 0) is 16.0 Å². The minimum Gasteiger partial charge on any atom is -0.444 e. The number of H-pyrrole nitrogens is 1. The second kappa shape index (κ2) is 10.0. The third-order valence-corrected chi connectivity index (χ3v) is 4.96. The molecule has 3 aromatic rings. The number of carbonyl (C=O) groups excluding carboxylic acids is 2. The van der Waals surface area contributed by atoms with Gasteiger partial charge in [0, 0.05) is 35.6 Å². The molecule has 8 heteroatoms. The van der Waals surface area contributed by atoms with E-state index in [2.05, 4.69) is 15.6 Å². The van der Waals surface area contributed by atoms with E-state index in [1.54, 1.807) is 45.9 Å². The van der Waals surface area contributed by atoms with E-state index in [1.165, 1.54) is 24.3 Å². The number of aromatic amines is 1. The van der Waals surface area contributed by atoms with E-state index in [9.17, 15) is 18.4 Å². The molecular weight excluding hydrogens is 428 g/mol. The largest absolute Gasteiger partial charge is 0.444 e. The van der Waals surface area contributed by atoms with E-state index in [-0.39, 0.29) is 36.5 Å². The van der Waals surface area contributed by atoms with Crippen molar-refractivity contribution in [2.24, 2.45) is 0 Å². The third kappa shape index (κ3) is 6.78. The molecule has 0 spiro atoms. The van der Waals surface area contributed by atoms with Crippen molar-refractivity contribution in [3.63, 3.8) is 0 Å². The number of carbonyl (C=O) groups is 2. The Bertz CT molecular complexity index is 1130. The molecule has 2 aromatic carbocycles. The van der Waals surface area contributed by atoms with Crippen molar-refractivity contribution in [3.05, 3.63) is 59.7 Å². The SMILES string of the molecule is CC(CNC(=O)OC(C)(C)C)NC(=O)CCc1c(-c2ccc(F)cc2)[nH]c2ccc(F)cc12. The number of aryl methyl sites for hydroxylation is 1. The zero-order chi connectivity index (χ0) is 24.2. The molecule has 1 heterocycles. The molecular formula is C25H29F2N3O3. The predicted octanol–water partition coefficient (Wildman–Crippen LogP) is 5.08. The summed E-state index contributed by atoms with van der Waals surface area (Å²) in [4.78, 5) is 27.6. The van der Waals surface area contributed by atoms with Crippen LogP contribution in [-0.4, -0.2) is 35.2 Å². The van der Waals surface area contributed by atoms with Crippen molar-refractivity contribution in [1.82, 2.24) is 15.6 Å². The molecule has 176 valence electrons. The van der Waals surface area contributed by atoms with Gasteiger partial charge in [-0.3, -0.25) is 4.79 Å². The number of halogens is 2. The van der Waals surface area contributed by atoms with Gasteiger partial charge in [0.05, 0.1) is 0 Å². The summed E-state index contributed by atoms with van der Waals surface area (Å²) in [5.74, 6) is -0.931. The zero-order valence-corrected chi connectivity index (χ0v) is 19.2. The summed E-state index contributed by atoms with van der Waals surface area (Å²) in [6.07, 6.45) is -0.0313. The summed E-state index contributed by atoms with van der Waals surface area (Å²) in [6.45, 7) is 7.32. The molecule has 3 rings (SSSR count). The molecule has 3 N–H and O–H groups in total. The van der Waals surface area contributed by atoms with Gasteiger partial charge in [-0.05, 0) is 87.7 Å². The first-order chi connectivity index (χ1) is 15.5. The number of aromatic nitrogens is 1. The highest BCUT2D eigenvalue weighted by Crippen LogP contribution is 2.32. The highest BCUT2D eigenvalue weighted by molar-refractivity contribution is 5.91. The molecule has 0 bridgehead atoms. The summed E-state index contributed by atoms with van der Waals surface area (Å²) >= 11 is 0. The number of nitrogens with one attached hydrogen (secondary N) is 3. The van der Waals surface area contributed by atoms with Crippen molar-refractivity contribution < 1.29 is 23.1 Å². The van der Waals surface area contributed by atoms with Crippen LogP contribution in [0.15, 0.2) is 42.5 Å². The van der Waals surface area contributed by atoms with E-state index >= 15 is 0 Å². The first-order valence-corrected chi connectivity index (χ1v) is 10.8. The van der Waals surface area contributed by atoms with Crippen LogP contribution in [0.1, 0.15) is 39.7 Å². The quantitative estimate of drug-likeness (QED) is 0.463. The van der Waals surface area contributed by atoms with E-state index in [4.69, 9.17) is 4.74 Å². The van der Waals surface area contributed by atoms with Crippen LogP contribution in [0.3, 0.4) is 0 Å². The molecule has 6 nitrogen and oxygen atoms in total. The van der Waals surface area contributed by atoms with E-state index in [0.29, 0.717) is 11.8 Å². The molecule has 0 fully saturated rings. The van der Waals surface area contributed by atoms with Gasteiger partial charge in [-0.1, -0.05) is 0 Å². The molecule has 2 amide bonds. The molecule has 0 saturated carbocycles. The Morgan fingerprint density at radius 3 is 2.39 bits per heavy atom. The first-order valence-electron chi connectivity index (χ1n) is 10.8. The number of hydrogen-bond acceptors (Lipinski definition) is 3. The Kier molecular flexibility index (Phi) is 7.36. The summed E-state index contributed by atoms with van der Waals surface area (Å²) in [6, 6.07) is 10.1. The van der Waals surface area contributed by atoms with E-state index in [1.807, 2.05) is 0 Å². The minimum absolute atomic E-state index is 0.161. The zero-order valence-electron chi connectivity index (χ0n) is 19.2. The Labute approximate surface area is 191 Å². The average molecular weight is 458 g/mol. The molecule has 0 aliphatic heterocycles. The highest BCUT2D eigenvalue weighted by Gasteiger charge is 2.18. The molecule has 1 aromatic heterocycles. The Morgan fingerprint density at radius 2 is 1.73 bits per heavy atom. The normalized spacial score (nSPS) is 12.4. The van der Waals surface area contributed by atoms with E-state index in [0.717, 1.165) is 22.3 Å². The fraction of sp³-hybridized carbons (Fsp3) is 0.360. The van der Waals surface area contributed by atoms with Gasteiger partial charge in [0.2, 0.25) is 5.91 Å². The molecule has 0 aliphatic rings. The number of rotatable bonds is 7. The summed E-state index contributed by atoms with van der Waals surface area (Å²) in [5, 5.41) is 6.15. The number of alkyl carbamates (subject to hydrolysis) is 1. The van der Waals surface area contributed by atoms with Crippen LogP contribution in [0, 0.1) is 11.6 Å². The van der Waals surface area contributed by atoms with Crippen molar-refractivity contribution >= 4 is 22.9 Å². The Hall–Kier alpha value is -3.42. The minimum atomic E-state index is -0.600. The lowest BCUT2D eigenvalue weighted by molar-refractivity contribution is -0.121. The second-order valence-electron chi connectivity index (χ2n) is 9.03. The van der Waals surface area contributed by atoms with Gasteiger partial charge in [-0.25, -0.2) is 13.6 Å². The van der Waals surface area contributed by atoms with Gasteiger partial charge < -0.3 is 20.4 Å². The van der Waals surface area contributed by atoms with Crippen molar-refractivity contribution in [2.45, 2.75) is 52.2 Å². The van der Waals surface area contributed by atoms with Crippen LogP contribution in [0.5, 0.6) is 0 Å². The Balaban J connectivity index is 1.67. The summed E-state index contributed by atoms with van der Waals surface area (Å²) < 4.78 is 32.5. The maximum atomic E-state index is 13.9. The second-order valence-corrected chi connectivity index (χ2v) is 9.03.